The smallest absolute Gasteiger partial charge is 0.254 e. The van der Waals surface area contributed by atoms with Crippen LogP contribution in [0.25, 0.3) is 0 Å². The predicted octanol–water partition coefficient (Wildman–Crippen LogP) is 5.24. The lowest BCUT2D eigenvalue weighted by Crippen LogP contribution is -2.23. The maximum atomic E-state index is 13.2. The van der Waals surface area contributed by atoms with Crippen LogP contribution in [-0.2, 0) is 6.54 Å². The average molecular weight is 423 g/mol. The molecule has 2 heterocycles. The van der Waals surface area contributed by atoms with Crippen molar-refractivity contribution >= 4 is 40.8 Å². The minimum absolute atomic E-state index is 0.160. The first-order chi connectivity index (χ1) is 13.1. The van der Waals surface area contributed by atoms with E-state index in [0.29, 0.717) is 33.5 Å². The summed E-state index contributed by atoms with van der Waals surface area (Å²) in [6, 6.07) is 11.3. The summed E-state index contributed by atoms with van der Waals surface area (Å²) in [7, 11) is 0. The highest BCUT2D eigenvalue weighted by Gasteiger charge is 2.13. The number of thioether (sulfide) groups is 2. The van der Waals surface area contributed by atoms with Gasteiger partial charge in [-0.2, -0.15) is 0 Å². The molecule has 0 aliphatic heterocycles. The first-order valence-corrected chi connectivity index (χ1v) is 10.9. The van der Waals surface area contributed by atoms with E-state index in [0.717, 1.165) is 10.9 Å². The molecule has 0 unspecified atom stereocenters. The van der Waals surface area contributed by atoms with Crippen LogP contribution >= 0.6 is 34.9 Å². The third kappa shape index (κ3) is 5.79. The van der Waals surface area contributed by atoms with Crippen LogP contribution in [0.5, 0.6) is 0 Å². The van der Waals surface area contributed by atoms with Gasteiger partial charge in [0.05, 0.1) is 12.1 Å². The van der Waals surface area contributed by atoms with Crippen LogP contribution in [0.2, 0.25) is 0 Å². The van der Waals surface area contributed by atoms with Crippen molar-refractivity contribution in [3.63, 3.8) is 0 Å². The quantitative estimate of drug-likeness (QED) is 0.398. The Bertz CT molecular complexity index is 904. The SMILES string of the molecule is O=C(NCc1cccs1)c1cccnc1SCCSc1ccc(F)c(F)c1. The second kappa shape index (κ2) is 9.87. The Balaban J connectivity index is 1.52. The van der Waals surface area contributed by atoms with Gasteiger partial charge < -0.3 is 5.32 Å². The fraction of sp³-hybridized carbons (Fsp3) is 0.158. The zero-order chi connectivity index (χ0) is 19.1. The number of carbonyl (C=O) groups is 1. The molecule has 8 heteroatoms. The van der Waals surface area contributed by atoms with Crippen LogP contribution in [0.1, 0.15) is 15.2 Å². The van der Waals surface area contributed by atoms with Gasteiger partial charge in [-0.25, -0.2) is 13.8 Å². The van der Waals surface area contributed by atoms with Crippen molar-refractivity contribution in [1.29, 1.82) is 0 Å². The van der Waals surface area contributed by atoms with Crippen LogP contribution in [0.3, 0.4) is 0 Å². The zero-order valence-electron chi connectivity index (χ0n) is 14.2. The van der Waals surface area contributed by atoms with E-state index in [-0.39, 0.29) is 5.91 Å². The van der Waals surface area contributed by atoms with Crippen molar-refractivity contribution in [2.45, 2.75) is 16.5 Å². The number of halogens is 2. The number of rotatable bonds is 8. The number of carbonyl (C=O) groups excluding carboxylic acids is 1. The molecule has 0 bridgehead atoms. The Morgan fingerprint density at radius 1 is 1.07 bits per heavy atom. The number of amides is 1. The van der Waals surface area contributed by atoms with E-state index < -0.39 is 11.6 Å². The molecular formula is C19H16F2N2OS3. The molecule has 0 saturated carbocycles. The van der Waals surface area contributed by atoms with Gasteiger partial charge in [0.1, 0.15) is 5.03 Å². The monoisotopic (exact) mass is 422 g/mol. The molecule has 3 rings (SSSR count). The molecule has 27 heavy (non-hydrogen) atoms. The van der Waals surface area contributed by atoms with Gasteiger partial charge in [-0.1, -0.05) is 6.07 Å². The van der Waals surface area contributed by atoms with E-state index in [2.05, 4.69) is 10.3 Å². The second-order valence-electron chi connectivity index (χ2n) is 5.39. The van der Waals surface area contributed by atoms with Crippen LogP contribution in [0.4, 0.5) is 8.78 Å². The third-order valence-corrected chi connectivity index (χ3v) is 6.64. The van der Waals surface area contributed by atoms with Gasteiger partial charge in [-0.05, 0) is 41.8 Å². The maximum absolute atomic E-state index is 13.2. The number of hydrogen-bond donors (Lipinski definition) is 1. The molecule has 3 nitrogen and oxygen atoms in total. The van der Waals surface area contributed by atoms with E-state index in [1.807, 2.05) is 17.5 Å². The van der Waals surface area contributed by atoms with Crippen LogP contribution in [-0.4, -0.2) is 22.4 Å². The van der Waals surface area contributed by atoms with E-state index in [1.165, 1.54) is 29.6 Å². The van der Waals surface area contributed by atoms with E-state index >= 15 is 0 Å². The molecule has 3 aromatic rings. The van der Waals surface area contributed by atoms with Gasteiger partial charge in [-0.3, -0.25) is 4.79 Å². The van der Waals surface area contributed by atoms with Gasteiger partial charge >= 0.3 is 0 Å². The van der Waals surface area contributed by atoms with Crippen LogP contribution in [0, 0.1) is 11.6 Å². The molecule has 0 atom stereocenters. The lowest BCUT2D eigenvalue weighted by atomic mass is 10.2. The molecule has 1 amide bonds. The molecule has 2 aromatic heterocycles. The molecule has 1 N–H and O–H groups in total. The number of pyridine rings is 1. The largest absolute Gasteiger partial charge is 0.347 e. The number of benzene rings is 1. The molecular weight excluding hydrogens is 406 g/mol. The highest BCUT2D eigenvalue weighted by Crippen LogP contribution is 2.25. The standard InChI is InChI=1S/C19H16F2N2OS3/c20-16-6-5-13(11-17(16)21)26-9-10-27-19-15(4-1-7-22-19)18(24)23-12-14-3-2-8-25-14/h1-8,11H,9-10,12H2,(H,23,24). The van der Waals surface area contributed by atoms with Crippen molar-refractivity contribution < 1.29 is 13.6 Å². The van der Waals surface area contributed by atoms with Crippen molar-refractivity contribution in [2.24, 2.45) is 0 Å². The molecule has 0 spiro atoms. The first-order valence-electron chi connectivity index (χ1n) is 8.10. The number of nitrogens with one attached hydrogen (secondary N) is 1. The number of thiophene rings is 1. The van der Waals surface area contributed by atoms with Crippen LogP contribution in [0.15, 0.2) is 64.0 Å². The third-order valence-electron chi connectivity index (χ3n) is 3.50. The fourth-order valence-electron chi connectivity index (χ4n) is 2.22. The normalized spacial score (nSPS) is 10.7. The Morgan fingerprint density at radius 3 is 2.70 bits per heavy atom. The number of nitrogens with zero attached hydrogens (tertiary/aromatic N) is 1. The van der Waals surface area contributed by atoms with Gasteiger partial charge in [0.15, 0.2) is 11.6 Å². The summed E-state index contributed by atoms with van der Waals surface area (Å²) in [5.74, 6) is -0.483. The van der Waals surface area contributed by atoms with E-state index in [9.17, 15) is 13.6 Å². The lowest BCUT2D eigenvalue weighted by Gasteiger charge is -2.08. The van der Waals surface area contributed by atoms with Gasteiger partial charge in [-0.15, -0.1) is 34.9 Å². The number of aromatic nitrogens is 1. The van der Waals surface area contributed by atoms with Gasteiger partial charge in [0.25, 0.3) is 5.91 Å². The summed E-state index contributed by atoms with van der Waals surface area (Å²) in [5, 5.41) is 5.53. The van der Waals surface area contributed by atoms with Crippen molar-refractivity contribution in [1.82, 2.24) is 10.3 Å². The molecule has 0 fully saturated rings. The maximum Gasteiger partial charge on any atom is 0.254 e. The molecule has 140 valence electrons. The topological polar surface area (TPSA) is 42.0 Å². The summed E-state index contributed by atoms with van der Waals surface area (Å²) in [4.78, 5) is 18.5. The second-order valence-corrected chi connectivity index (χ2v) is 8.68. The van der Waals surface area contributed by atoms with Crippen LogP contribution < -0.4 is 5.32 Å². The van der Waals surface area contributed by atoms with Crippen molar-refractivity contribution in [2.75, 3.05) is 11.5 Å². The molecule has 0 saturated heterocycles. The van der Waals surface area contributed by atoms with Crippen molar-refractivity contribution in [3.8, 4) is 0 Å². The lowest BCUT2D eigenvalue weighted by molar-refractivity contribution is 0.0947. The van der Waals surface area contributed by atoms with E-state index in [1.54, 1.807) is 35.7 Å². The van der Waals surface area contributed by atoms with Gasteiger partial charge in [0.2, 0.25) is 0 Å². The zero-order valence-corrected chi connectivity index (χ0v) is 16.6. The summed E-state index contributed by atoms with van der Waals surface area (Å²) >= 11 is 4.49. The summed E-state index contributed by atoms with van der Waals surface area (Å²) in [5.41, 5.74) is 0.539. The summed E-state index contributed by atoms with van der Waals surface area (Å²) in [6.07, 6.45) is 1.65. The minimum Gasteiger partial charge on any atom is -0.347 e. The Kier molecular flexibility index (Phi) is 7.25. The molecule has 0 aliphatic carbocycles. The summed E-state index contributed by atoms with van der Waals surface area (Å²) < 4.78 is 26.2. The predicted molar refractivity (Wildman–Crippen MR) is 108 cm³/mol. The molecule has 0 radical (unpaired) electrons. The Labute approximate surface area is 168 Å². The Hall–Kier alpha value is -1.90. The summed E-state index contributed by atoms with van der Waals surface area (Å²) in [6.45, 7) is 0.488. The first kappa shape index (κ1) is 19.9. The highest BCUT2D eigenvalue weighted by molar-refractivity contribution is 8.03. The fourth-order valence-corrected chi connectivity index (χ4v) is 4.76. The molecule has 1 aromatic carbocycles. The van der Waals surface area contributed by atoms with E-state index in [4.69, 9.17) is 0 Å². The number of hydrogen-bond acceptors (Lipinski definition) is 5. The molecule has 0 aliphatic rings. The minimum atomic E-state index is -0.847. The van der Waals surface area contributed by atoms with Crippen molar-refractivity contribution in [3.05, 3.63) is 76.1 Å². The average Bonchev–Trinajstić information content (AvgIpc) is 3.20. The van der Waals surface area contributed by atoms with Gasteiger partial charge in [0, 0.05) is 27.5 Å². The highest BCUT2D eigenvalue weighted by atomic mass is 32.2. The Morgan fingerprint density at radius 2 is 1.93 bits per heavy atom.